The Morgan fingerprint density at radius 2 is 2.05 bits per heavy atom. The van der Waals surface area contributed by atoms with Gasteiger partial charge in [-0.1, -0.05) is 5.92 Å². The van der Waals surface area contributed by atoms with Crippen molar-refractivity contribution < 1.29 is 29.3 Å². The first-order valence-corrected chi connectivity index (χ1v) is 13.3. The lowest BCUT2D eigenvalue weighted by Gasteiger charge is -2.31. The normalized spacial score (nSPS) is 27.4. The average Bonchev–Trinajstić information content (AvgIpc) is 3.65. The molecule has 0 bridgehead atoms. The summed E-state index contributed by atoms with van der Waals surface area (Å²) in [5, 5.41) is 26.7. The highest BCUT2D eigenvalue weighted by Crippen LogP contribution is 2.32. The van der Waals surface area contributed by atoms with E-state index in [9.17, 15) is 19.8 Å². The number of aromatic nitrogens is 4. The molecule has 0 radical (unpaired) electrons. The third-order valence-corrected chi connectivity index (χ3v) is 7.32. The van der Waals surface area contributed by atoms with Gasteiger partial charge in [-0.2, -0.15) is 0 Å². The van der Waals surface area contributed by atoms with Crippen molar-refractivity contribution in [3.63, 3.8) is 0 Å². The number of anilines is 1. The number of nitrogens with one attached hydrogen (secondary N) is 2. The summed E-state index contributed by atoms with van der Waals surface area (Å²) in [6.07, 6.45) is -0.963. The minimum Gasteiger partial charge on any atom is -0.445 e. The summed E-state index contributed by atoms with van der Waals surface area (Å²) in [7, 11) is 0. The Hall–Kier alpha value is -3.51. The van der Waals surface area contributed by atoms with Gasteiger partial charge in [0.15, 0.2) is 23.8 Å². The molecule has 6 N–H and O–H groups in total. The Kier molecular flexibility index (Phi) is 8.12. The van der Waals surface area contributed by atoms with Crippen LogP contribution in [0.5, 0.6) is 0 Å². The summed E-state index contributed by atoms with van der Waals surface area (Å²) in [5.41, 5.74) is 6.66. The number of fused-ring (bicyclic) bond motifs is 1. The van der Waals surface area contributed by atoms with Gasteiger partial charge in [-0.3, -0.25) is 9.36 Å². The van der Waals surface area contributed by atoms with Crippen LogP contribution in [0.15, 0.2) is 6.33 Å². The molecule has 3 aliphatic rings. The Bertz CT molecular complexity index is 1260. The molecule has 2 unspecified atom stereocenters. The monoisotopic (exact) mass is 542 g/mol. The van der Waals surface area contributed by atoms with Crippen molar-refractivity contribution in [2.45, 2.75) is 63.3 Å². The number of hydrogen-bond acceptors (Lipinski definition) is 11. The molecule has 39 heavy (non-hydrogen) atoms. The third kappa shape index (κ3) is 5.76. The fourth-order valence-corrected chi connectivity index (χ4v) is 5.10. The van der Waals surface area contributed by atoms with Gasteiger partial charge in [-0.05, 0) is 44.6 Å². The van der Waals surface area contributed by atoms with Crippen LogP contribution in [0.25, 0.3) is 11.2 Å². The number of hydrogen-bond donors (Lipinski definition) is 5. The van der Waals surface area contributed by atoms with Crippen LogP contribution in [0.4, 0.5) is 10.6 Å². The van der Waals surface area contributed by atoms with Gasteiger partial charge < -0.3 is 41.0 Å². The lowest BCUT2D eigenvalue weighted by Crippen LogP contribution is -2.42. The average molecular weight is 543 g/mol. The molecule has 0 aliphatic carbocycles. The quantitative estimate of drug-likeness (QED) is 0.295. The standard InChI is InChI=1S/C25H34N8O6/c1-2-28-23(36)20-18(34)19(35)24(39-20)33-13-29-17-21(26)30-16(31-22(17)33)5-3-4-14-7-10-32(11-8-14)25(37)38-15-6-9-27-12-15/h13-15,18-20,24,27,34-35H,2,4,6-12H2,1H3,(H,28,36)(H2,26,30,31)/t15?,18?,19-,20-,24+/m0/s1. The zero-order valence-electron chi connectivity index (χ0n) is 21.7. The van der Waals surface area contributed by atoms with Crippen molar-refractivity contribution in [2.24, 2.45) is 5.92 Å². The fraction of sp³-hybridized carbons (Fsp3) is 0.640. The highest BCUT2D eigenvalue weighted by molar-refractivity contribution is 5.83. The predicted molar refractivity (Wildman–Crippen MR) is 138 cm³/mol. The zero-order chi connectivity index (χ0) is 27.5. The molecule has 3 fully saturated rings. The van der Waals surface area contributed by atoms with Gasteiger partial charge in [0, 0.05) is 32.6 Å². The number of likely N-dealkylation sites (N-methyl/N-ethyl adjacent to an activating group) is 1. The molecule has 210 valence electrons. The van der Waals surface area contributed by atoms with E-state index in [-0.39, 0.29) is 29.5 Å². The molecule has 2 amide bonds. The second kappa shape index (κ2) is 11.7. The van der Waals surface area contributed by atoms with E-state index in [4.69, 9.17) is 15.2 Å². The van der Waals surface area contributed by atoms with E-state index in [1.807, 2.05) is 0 Å². The van der Waals surface area contributed by atoms with E-state index in [0.29, 0.717) is 44.0 Å². The minimum absolute atomic E-state index is 0.0438. The summed E-state index contributed by atoms with van der Waals surface area (Å²) in [5.74, 6) is 6.18. The van der Waals surface area contributed by atoms with E-state index in [0.717, 1.165) is 25.8 Å². The molecular formula is C25H34N8O6. The van der Waals surface area contributed by atoms with Crippen molar-refractivity contribution in [1.82, 2.24) is 35.1 Å². The highest BCUT2D eigenvalue weighted by atomic mass is 16.6. The summed E-state index contributed by atoms with van der Waals surface area (Å²) in [4.78, 5) is 39.3. The van der Waals surface area contributed by atoms with Crippen molar-refractivity contribution in [3.8, 4) is 11.8 Å². The van der Waals surface area contributed by atoms with Crippen molar-refractivity contribution in [1.29, 1.82) is 0 Å². The molecule has 0 spiro atoms. The fourth-order valence-electron chi connectivity index (χ4n) is 5.10. The van der Waals surface area contributed by atoms with Crippen LogP contribution in [0.1, 0.15) is 44.7 Å². The second-order valence-electron chi connectivity index (χ2n) is 10.0. The zero-order valence-corrected chi connectivity index (χ0v) is 21.7. The van der Waals surface area contributed by atoms with Gasteiger partial charge in [0.1, 0.15) is 23.8 Å². The highest BCUT2D eigenvalue weighted by Gasteiger charge is 2.47. The summed E-state index contributed by atoms with van der Waals surface area (Å²) >= 11 is 0. The van der Waals surface area contributed by atoms with Gasteiger partial charge in [0.2, 0.25) is 5.82 Å². The number of aliphatic hydroxyl groups is 2. The number of likely N-dealkylation sites (tertiary alicyclic amines) is 1. The minimum atomic E-state index is -1.43. The first kappa shape index (κ1) is 27.1. The molecule has 0 aromatic carbocycles. The topological polar surface area (TPSA) is 190 Å². The number of imidazole rings is 1. The maximum Gasteiger partial charge on any atom is 0.410 e. The van der Waals surface area contributed by atoms with Crippen molar-refractivity contribution in [2.75, 3.05) is 38.5 Å². The van der Waals surface area contributed by atoms with Crippen LogP contribution in [0, 0.1) is 17.8 Å². The van der Waals surface area contributed by atoms with Crippen LogP contribution < -0.4 is 16.4 Å². The number of amides is 2. The summed E-state index contributed by atoms with van der Waals surface area (Å²) in [6.45, 7) is 4.95. The van der Waals surface area contributed by atoms with E-state index >= 15 is 0 Å². The van der Waals surface area contributed by atoms with Crippen LogP contribution in [-0.2, 0) is 14.3 Å². The van der Waals surface area contributed by atoms with Gasteiger partial charge in [-0.25, -0.2) is 19.7 Å². The predicted octanol–water partition coefficient (Wildman–Crippen LogP) is -0.884. The van der Waals surface area contributed by atoms with E-state index < -0.39 is 30.4 Å². The van der Waals surface area contributed by atoms with Gasteiger partial charge >= 0.3 is 6.09 Å². The number of nitrogens with two attached hydrogens (primary N) is 1. The van der Waals surface area contributed by atoms with Crippen molar-refractivity contribution >= 4 is 29.0 Å². The van der Waals surface area contributed by atoms with Gasteiger partial charge in [-0.15, -0.1) is 0 Å². The van der Waals surface area contributed by atoms with Gasteiger partial charge in [0.05, 0.1) is 6.33 Å². The number of nitrogen functional groups attached to an aromatic ring is 1. The number of ether oxygens (including phenoxy) is 2. The number of carbonyl (C=O) groups excluding carboxylic acids is 2. The molecule has 2 aromatic rings. The second-order valence-corrected chi connectivity index (χ2v) is 10.0. The lowest BCUT2D eigenvalue weighted by molar-refractivity contribution is -0.137. The van der Waals surface area contributed by atoms with Crippen LogP contribution in [0.2, 0.25) is 0 Å². The molecule has 14 nitrogen and oxygen atoms in total. The number of rotatable bonds is 5. The number of carbonyl (C=O) groups is 2. The van der Waals surface area contributed by atoms with Crippen LogP contribution in [-0.4, -0.2) is 104 Å². The molecule has 3 saturated heterocycles. The van der Waals surface area contributed by atoms with E-state index in [1.165, 1.54) is 10.9 Å². The maximum atomic E-state index is 12.4. The largest absolute Gasteiger partial charge is 0.445 e. The Morgan fingerprint density at radius 3 is 2.77 bits per heavy atom. The SMILES string of the molecule is CCNC(=O)[C@H]1O[C@@H](n2cnc3c(N)nc(C#CCC4CCN(C(=O)OC5CCNC5)CC4)nc32)[C@@H](O)C1O. The molecule has 5 atom stereocenters. The summed E-state index contributed by atoms with van der Waals surface area (Å²) < 4.78 is 12.7. The molecule has 5 rings (SSSR count). The third-order valence-electron chi connectivity index (χ3n) is 7.32. The maximum absolute atomic E-state index is 12.4. The first-order chi connectivity index (χ1) is 18.9. The Balaban J connectivity index is 1.22. The van der Waals surface area contributed by atoms with E-state index in [1.54, 1.807) is 11.8 Å². The van der Waals surface area contributed by atoms with Crippen molar-refractivity contribution in [3.05, 3.63) is 12.2 Å². The van der Waals surface area contributed by atoms with Crippen LogP contribution >= 0.6 is 0 Å². The van der Waals surface area contributed by atoms with E-state index in [2.05, 4.69) is 37.4 Å². The number of piperidine rings is 1. The number of nitrogens with zero attached hydrogens (tertiary/aromatic N) is 5. The molecule has 14 heteroatoms. The number of aliphatic hydroxyl groups excluding tert-OH is 2. The molecular weight excluding hydrogens is 508 g/mol. The molecule has 2 aromatic heterocycles. The van der Waals surface area contributed by atoms with Crippen LogP contribution in [0.3, 0.4) is 0 Å². The first-order valence-electron chi connectivity index (χ1n) is 13.3. The molecule has 5 heterocycles. The lowest BCUT2D eigenvalue weighted by atomic mass is 9.94. The molecule has 0 saturated carbocycles. The smallest absolute Gasteiger partial charge is 0.410 e. The Labute approximate surface area is 225 Å². The Morgan fingerprint density at radius 1 is 1.26 bits per heavy atom. The van der Waals surface area contributed by atoms with Gasteiger partial charge in [0.25, 0.3) is 5.91 Å². The summed E-state index contributed by atoms with van der Waals surface area (Å²) in [6, 6.07) is 0. The molecule has 3 aliphatic heterocycles.